The molecule has 0 radical (unpaired) electrons. The van der Waals surface area contributed by atoms with Crippen LogP contribution in [0, 0.1) is 11.7 Å². The van der Waals surface area contributed by atoms with Gasteiger partial charge in [-0.2, -0.15) is 26.3 Å². The fraction of sp³-hybridized carbons (Fsp3) is 0.400. The molecule has 1 atom stereocenters. The third kappa shape index (κ3) is 4.08. The highest BCUT2D eigenvalue weighted by atomic mass is 79.9. The van der Waals surface area contributed by atoms with Crippen molar-refractivity contribution in [2.24, 2.45) is 5.92 Å². The van der Waals surface area contributed by atoms with E-state index in [-0.39, 0.29) is 10.0 Å². The van der Waals surface area contributed by atoms with Crippen LogP contribution in [0.2, 0.25) is 0 Å². The summed E-state index contributed by atoms with van der Waals surface area (Å²) in [7, 11) is 0. The summed E-state index contributed by atoms with van der Waals surface area (Å²) in [5.74, 6) is -4.35. The third-order valence-electron chi connectivity index (χ3n) is 2.26. The molecule has 1 aromatic carbocycles. The molecule has 1 unspecified atom stereocenters. The van der Waals surface area contributed by atoms with Gasteiger partial charge in [0.1, 0.15) is 5.82 Å². The van der Waals surface area contributed by atoms with Crippen LogP contribution < -0.4 is 0 Å². The van der Waals surface area contributed by atoms with Crippen LogP contribution in [0.3, 0.4) is 0 Å². The number of halogens is 9. The van der Waals surface area contributed by atoms with Crippen molar-refractivity contribution >= 4 is 31.9 Å². The van der Waals surface area contributed by atoms with E-state index in [9.17, 15) is 30.7 Å². The van der Waals surface area contributed by atoms with E-state index in [4.69, 9.17) is 0 Å². The first-order valence-electron chi connectivity index (χ1n) is 4.67. The zero-order chi connectivity index (χ0) is 15.0. The van der Waals surface area contributed by atoms with E-state index >= 15 is 0 Å². The van der Waals surface area contributed by atoms with E-state index in [1.165, 1.54) is 0 Å². The molecule has 0 saturated carbocycles. The summed E-state index contributed by atoms with van der Waals surface area (Å²) >= 11 is 5.11. The fourth-order valence-corrected chi connectivity index (χ4v) is 2.67. The van der Waals surface area contributed by atoms with Crippen LogP contribution in [0.1, 0.15) is 10.4 Å². The lowest BCUT2D eigenvalue weighted by atomic mass is 9.98. The molecule has 108 valence electrons. The van der Waals surface area contributed by atoms with Crippen molar-refractivity contribution in [1.82, 2.24) is 0 Å². The number of hydrogen-bond acceptors (Lipinski definition) is 0. The first kappa shape index (κ1) is 16.7. The van der Waals surface area contributed by atoms with Crippen molar-refractivity contribution in [3.05, 3.63) is 34.1 Å². The topological polar surface area (TPSA) is 0 Å². The zero-order valence-electron chi connectivity index (χ0n) is 8.79. The highest BCUT2D eigenvalue weighted by Gasteiger charge is 2.60. The summed E-state index contributed by atoms with van der Waals surface area (Å²) in [6.07, 6.45) is -10.9. The van der Waals surface area contributed by atoms with Gasteiger partial charge in [-0.3, -0.25) is 0 Å². The summed E-state index contributed by atoms with van der Waals surface area (Å²) in [4.78, 5) is -2.05. The molecule has 0 spiro atoms. The molecule has 0 amide bonds. The van der Waals surface area contributed by atoms with Crippen molar-refractivity contribution in [3.63, 3.8) is 0 Å². The molecule has 9 heteroatoms. The average molecular weight is 418 g/mol. The van der Waals surface area contributed by atoms with E-state index < -0.39 is 28.9 Å². The standard InChI is InChI=1S/C10H5Br2F7/c11-5-3-4(1-2-6(5)13)7(12)8(9(14,15)16)10(17,18)19/h1-3,7-8H. The lowest BCUT2D eigenvalue weighted by molar-refractivity contribution is -0.283. The van der Waals surface area contributed by atoms with Crippen LogP contribution in [0.25, 0.3) is 0 Å². The SMILES string of the molecule is Fc1ccc(C(Br)C(C(F)(F)F)C(F)(F)F)cc1Br. The van der Waals surface area contributed by atoms with Gasteiger partial charge in [-0.25, -0.2) is 4.39 Å². The van der Waals surface area contributed by atoms with Crippen molar-refractivity contribution in [2.75, 3.05) is 0 Å². The number of benzene rings is 1. The van der Waals surface area contributed by atoms with Gasteiger partial charge in [0, 0.05) is 0 Å². The summed E-state index contributed by atoms with van der Waals surface area (Å²) in [5, 5.41) is 0. The number of rotatable bonds is 2. The van der Waals surface area contributed by atoms with E-state index in [1.54, 1.807) is 0 Å². The molecular formula is C10H5Br2F7. The molecule has 19 heavy (non-hydrogen) atoms. The Hall–Kier alpha value is -0.310. The molecule has 0 aliphatic carbocycles. The van der Waals surface area contributed by atoms with Crippen molar-refractivity contribution < 1.29 is 30.7 Å². The monoisotopic (exact) mass is 416 g/mol. The van der Waals surface area contributed by atoms with E-state index in [1.807, 2.05) is 0 Å². The minimum Gasteiger partial charge on any atom is -0.206 e. The second kappa shape index (κ2) is 5.59. The first-order valence-corrected chi connectivity index (χ1v) is 6.38. The van der Waals surface area contributed by atoms with Crippen LogP contribution in [0.15, 0.2) is 22.7 Å². The highest BCUT2D eigenvalue weighted by molar-refractivity contribution is 9.10. The average Bonchev–Trinajstić information content (AvgIpc) is 2.17. The van der Waals surface area contributed by atoms with Crippen LogP contribution in [-0.2, 0) is 0 Å². The summed E-state index contributed by atoms with van der Waals surface area (Å²) in [5.41, 5.74) is -0.326. The summed E-state index contributed by atoms with van der Waals surface area (Å²) in [6.45, 7) is 0. The van der Waals surface area contributed by atoms with Gasteiger partial charge in [-0.15, -0.1) is 0 Å². The Morgan fingerprint density at radius 2 is 1.42 bits per heavy atom. The summed E-state index contributed by atoms with van der Waals surface area (Å²) < 4.78 is 87.7. The largest absolute Gasteiger partial charge is 0.401 e. The van der Waals surface area contributed by atoms with Gasteiger partial charge in [0.2, 0.25) is 0 Å². The molecule has 0 fully saturated rings. The van der Waals surface area contributed by atoms with Crippen LogP contribution in [0.5, 0.6) is 0 Å². The number of alkyl halides is 7. The fourth-order valence-electron chi connectivity index (χ4n) is 1.39. The molecule has 0 aromatic heterocycles. The van der Waals surface area contributed by atoms with Gasteiger partial charge in [0.25, 0.3) is 0 Å². The van der Waals surface area contributed by atoms with Gasteiger partial charge >= 0.3 is 12.4 Å². The van der Waals surface area contributed by atoms with E-state index in [0.717, 1.165) is 18.2 Å². The molecule has 0 N–H and O–H groups in total. The minimum atomic E-state index is -5.47. The van der Waals surface area contributed by atoms with Gasteiger partial charge < -0.3 is 0 Å². The van der Waals surface area contributed by atoms with Crippen molar-refractivity contribution in [3.8, 4) is 0 Å². The lowest BCUT2D eigenvalue weighted by Crippen LogP contribution is -2.39. The molecule has 0 heterocycles. The molecule has 0 bridgehead atoms. The number of hydrogen-bond donors (Lipinski definition) is 0. The molecule has 0 nitrogen and oxygen atoms in total. The van der Waals surface area contributed by atoms with Crippen molar-refractivity contribution in [1.29, 1.82) is 0 Å². The van der Waals surface area contributed by atoms with Crippen LogP contribution in [0.4, 0.5) is 30.7 Å². The van der Waals surface area contributed by atoms with Gasteiger partial charge in [-0.1, -0.05) is 22.0 Å². The first-order chi connectivity index (χ1) is 8.44. The lowest BCUT2D eigenvalue weighted by Gasteiger charge is -2.27. The maximum Gasteiger partial charge on any atom is 0.401 e. The molecule has 0 aliphatic heterocycles. The zero-order valence-corrected chi connectivity index (χ0v) is 12.0. The molecular weight excluding hydrogens is 413 g/mol. The van der Waals surface area contributed by atoms with Crippen LogP contribution in [-0.4, -0.2) is 12.4 Å². The van der Waals surface area contributed by atoms with Gasteiger partial charge in [-0.05, 0) is 33.6 Å². The Kier molecular flexibility index (Phi) is 4.93. The molecule has 0 aliphatic rings. The second-order valence-electron chi connectivity index (χ2n) is 3.64. The Labute approximate surface area is 120 Å². The normalized spacial score (nSPS) is 14.8. The predicted octanol–water partition coefficient (Wildman–Crippen LogP) is 5.77. The Morgan fingerprint density at radius 3 is 1.79 bits per heavy atom. The Morgan fingerprint density at radius 1 is 0.947 bits per heavy atom. The van der Waals surface area contributed by atoms with Crippen LogP contribution >= 0.6 is 31.9 Å². The molecule has 1 rings (SSSR count). The maximum atomic E-state index is 12.9. The Balaban J connectivity index is 3.20. The van der Waals surface area contributed by atoms with Crippen molar-refractivity contribution in [2.45, 2.75) is 17.2 Å². The molecule has 1 aromatic rings. The van der Waals surface area contributed by atoms with E-state index in [0.29, 0.717) is 0 Å². The van der Waals surface area contributed by atoms with E-state index in [2.05, 4.69) is 31.9 Å². The second-order valence-corrected chi connectivity index (χ2v) is 5.48. The summed E-state index contributed by atoms with van der Waals surface area (Å²) in [6, 6.07) is 2.53. The highest BCUT2D eigenvalue weighted by Crippen LogP contribution is 2.50. The maximum absolute atomic E-state index is 12.9. The predicted molar refractivity (Wildman–Crippen MR) is 61.4 cm³/mol. The van der Waals surface area contributed by atoms with Gasteiger partial charge in [0.15, 0.2) is 5.92 Å². The quantitative estimate of drug-likeness (QED) is 0.423. The Bertz CT molecular complexity index is 438. The van der Waals surface area contributed by atoms with Gasteiger partial charge in [0.05, 0.1) is 9.30 Å². The third-order valence-corrected chi connectivity index (χ3v) is 3.93. The molecule has 0 saturated heterocycles. The smallest absolute Gasteiger partial charge is 0.206 e. The minimum absolute atomic E-state index is 0.211.